The number of para-hydroxylation sites is 1. The van der Waals surface area contributed by atoms with E-state index in [4.69, 9.17) is 4.74 Å². The van der Waals surface area contributed by atoms with Gasteiger partial charge in [-0.25, -0.2) is 8.42 Å². The van der Waals surface area contributed by atoms with Crippen LogP contribution in [-0.2, 0) is 9.84 Å². The van der Waals surface area contributed by atoms with E-state index in [2.05, 4.69) is 9.88 Å². The van der Waals surface area contributed by atoms with Crippen molar-refractivity contribution in [2.75, 3.05) is 26.2 Å². The molecule has 0 aliphatic carbocycles. The van der Waals surface area contributed by atoms with E-state index >= 15 is 0 Å². The molecule has 0 unspecified atom stereocenters. The van der Waals surface area contributed by atoms with E-state index in [1.54, 1.807) is 36.4 Å². The number of likely N-dealkylation sites (tertiary alicyclic amines) is 1. The molecule has 5 nitrogen and oxygen atoms in total. The monoisotopic (exact) mass is 382 g/mol. The lowest BCUT2D eigenvalue weighted by atomic mass is 10.2. The largest absolute Gasteiger partial charge is 0.490 e. The summed E-state index contributed by atoms with van der Waals surface area (Å²) in [7, 11) is -3.58. The number of benzene rings is 2. The van der Waals surface area contributed by atoms with Crippen LogP contribution >= 0.6 is 0 Å². The van der Waals surface area contributed by atoms with Crippen LogP contribution in [0.15, 0.2) is 70.6 Å². The van der Waals surface area contributed by atoms with Gasteiger partial charge in [-0.2, -0.15) is 0 Å². The van der Waals surface area contributed by atoms with Gasteiger partial charge in [-0.1, -0.05) is 30.3 Å². The lowest BCUT2D eigenvalue weighted by molar-refractivity contribution is 0.239. The summed E-state index contributed by atoms with van der Waals surface area (Å²) in [5.41, 5.74) is 0.686. The average Bonchev–Trinajstić information content (AvgIpc) is 3.22. The predicted octanol–water partition coefficient (Wildman–Crippen LogP) is 3.54. The molecule has 0 atom stereocenters. The Morgan fingerprint density at radius 1 is 0.963 bits per heavy atom. The van der Waals surface area contributed by atoms with Crippen molar-refractivity contribution in [3.05, 3.63) is 60.8 Å². The lowest BCUT2D eigenvalue weighted by Crippen LogP contribution is -2.25. The normalized spacial score (nSPS) is 15.3. The number of nitrogens with zero attached hydrogens (tertiary/aromatic N) is 2. The second kappa shape index (κ2) is 7.66. The molecule has 0 radical (unpaired) electrons. The number of sulfone groups is 1. The Labute approximate surface area is 159 Å². The zero-order valence-corrected chi connectivity index (χ0v) is 15.9. The SMILES string of the molecule is O=S(=O)(c1ccccc1)c1cnc2c(OCCN3CCCC3)cccc2c1. The van der Waals surface area contributed by atoms with E-state index < -0.39 is 9.84 Å². The Morgan fingerprint density at radius 2 is 1.74 bits per heavy atom. The Hall–Kier alpha value is -2.44. The molecule has 0 saturated carbocycles. The zero-order chi connectivity index (χ0) is 18.7. The number of hydrogen-bond acceptors (Lipinski definition) is 5. The van der Waals surface area contributed by atoms with Gasteiger partial charge in [0.15, 0.2) is 0 Å². The predicted molar refractivity (Wildman–Crippen MR) is 105 cm³/mol. The fraction of sp³-hybridized carbons (Fsp3) is 0.286. The van der Waals surface area contributed by atoms with Crippen molar-refractivity contribution in [2.45, 2.75) is 22.6 Å². The van der Waals surface area contributed by atoms with Gasteiger partial charge in [-0.15, -0.1) is 0 Å². The third-order valence-electron chi connectivity index (χ3n) is 4.88. The van der Waals surface area contributed by atoms with E-state index in [-0.39, 0.29) is 9.79 Å². The van der Waals surface area contributed by atoms with Crippen molar-refractivity contribution < 1.29 is 13.2 Å². The molecule has 27 heavy (non-hydrogen) atoms. The Kier molecular flexibility index (Phi) is 5.09. The highest BCUT2D eigenvalue weighted by molar-refractivity contribution is 7.91. The fourth-order valence-corrected chi connectivity index (χ4v) is 4.66. The van der Waals surface area contributed by atoms with E-state index in [9.17, 15) is 8.42 Å². The van der Waals surface area contributed by atoms with E-state index in [1.165, 1.54) is 19.0 Å². The molecule has 1 aliphatic rings. The molecule has 1 aliphatic heterocycles. The van der Waals surface area contributed by atoms with E-state index in [1.807, 2.05) is 18.2 Å². The van der Waals surface area contributed by atoms with Gasteiger partial charge in [-0.05, 0) is 50.2 Å². The Balaban J connectivity index is 1.58. The highest BCUT2D eigenvalue weighted by Gasteiger charge is 2.19. The fourth-order valence-electron chi connectivity index (χ4n) is 3.40. The molecule has 0 spiro atoms. The summed E-state index contributed by atoms with van der Waals surface area (Å²) >= 11 is 0. The standard InChI is InChI=1S/C21H22N2O3S/c24-27(25,18-8-2-1-3-9-18)19-15-17-7-6-10-20(21(17)22-16-19)26-14-13-23-11-4-5-12-23/h1-3,6-10,15-16H,4-5,11-14H2. The van der Waals surface area contributed by atoms with Gasteiger partial charge in [0.05, 0.1) is 9.79 Å². The first-order valence-corrected chi connectivity index (χ1v) is 10.7. The number of aromatic nitrogens is 1. The molecule has 140 valence electrons. The topological polar surface area (TPSA) is 59.5 Å². The second-order valence-electron chi connectivity index (χ2n) is 6.71. The van der Waals surface area contributed by atoms with Crippen LogP contribution in [0, 0.1) is 0 Å². The Bertz CT molecular complexity index is 1030. The third-order valence-corrected chi connectivity index (χ3v) is 6.61. The van der Waals surface area contributed by atoms with Gasteiger partial charge in [-0.3, -0.25) is 9.88 Å². The first-order valence-electron chi connectivity index (χ1n) is 9.19. The maximum atomic E-state index is 12.8. The van der Waals surface area contributed by atoms with Crippen molar-refractivity contribution in [2.24, 2.45) is 0 Å². The van der Waals surface area contributed by atoms with Gasteiger partial charge >= 0.3 is 0 Å². The Morgan fingerprint density at radius 3 is 2.52 bits per heavy atom. The lowest BCUT2D eigenvalue weighted by Gasteiger charge is -2.15. The molecule has 0 amide bonds. The van der Waals surface area contributed by atoms with Crippen molar-refractivity contribution >= 4 is 20.7 Å². The molecule has 0 N–H and O–H groups in total. The summed E-state index contributed by atoms with van der Waals surface area (Å²) in [6.07, 6.45) is 3.93. The maximum absolute atomic E-state index is 12.8. The molecule has 1 saturated heterocycles. The molecule has 2 aromatic carbocycles. The van der Waals surface area contributed by atoms with Gasteiger partial charge in [0, 0.05) is 18.1 Å². The minimum atomic E-state index is -3.58. The highest BCUT2D eigenvalue weighted by atomic mass is 32.2. The molecule has 4 rings (SSSR count). The van der Waals surface area contributed by atoms with E-state index in [0.717, 1.165) is 25.0 Å². The maximum Gasteiger partial charge on any atom is 0.208 e. The summed E-state index contributed by atoms with van der Waals surface area (Å²) in [6.45, 7) is 3.78. The molecule has 1 aromatic heterocycles. The molecule has 1 fully saturated rings. The molecular formula is C21H22N2O3S. The van der Waals surface area contributed by atoms with Gasteiger partial charge < -0.3 is 4.74 Å². The first-order chi connectivity index (χ1) is 13.1. The van der Waals surface area contributed by atoms with Crippen LogP contribution in [0.25, 0.3) is 10.9 Å². The van der Waals surface area contributed by atoms with Crippen LogP contribution in [0.1, 0.15) is 12.8 Å². The summed E-state index contributed by atoms with van der Waals surface area (Å²) < 4.78 is 31.5. The molecule has 0 bridgehead atoms. The smallest absolute Gasteiger partial charge is 0.208 e. The minimum absolute atomic E-state index is 0.190. The van der Waals surface area contributed by atoms with Gasteiger partial charge in [0.25, 0.3) is 0 Å². The number of hydrogen-bond donors (Lipinski definition) is 0. The number of pyridine rings is 1. The third kappa shape index (κ3) is 3.82. The van der Waals surface area contributed by atoms with Gasteiger partial charge in [0.2, 0.25) is 9.84 Å². The molecule has 3 aromatic rings. The van der Waals surface area contributed by atoms with Crippen LogP contribution in [0.3, 0.4) is 0 Å². The van der Waals surface area contributed by atoms with E-state index in [0.29, 0.717) is 17.9 Å². The second-order valence-corrected chi connectivity index (χ2v) is 8.66. The summed E-state index contributed by atoms with van der Waals surface area (Å²) in [6, 6.07) is 15.7. The molecular weight excluding hydrogens is 360 g/mol. The summed E-state index contributed by atoms with van der Waals surface area (Å²) in [5.74, 6) is 0.690. The summed E-state index contributed by atoms with van der Waals surface area (Å²) in [4.78, 5) is 7.26. The highest BCUT2D eigenvalue weighted by Crippen LogP contribution is 2.28. The number of rotatable bonds is 6. The quantitative estimate of drug-likeness (QED) is 0.653. The van der Waals surface area contributed by atoms with Crippen molar-refractivity contribution in [1.82, 2.24) is 9.88 Å². The number of ether oxygens (including phenoxy) is 1. The average molecular weight is 382 g/mol. The zero-order valence-electron chi connectivity index (χ0n) is 15.0. The van der Waals surface area contributed by atoms with Crippen LogP contribution < -0.4 is 4.74 Å². The minimum Gasteiger partial charge on any atom is -0.490 e. The van der Waals surface area contributed by atoms with Crippen molar-refractivity contribution in [3.8, 4) is 5.75 Å². The van der Waals surface area contributed by atoms with Crippen LogP contribution in [0.5, 0.6) is 5.75 Å². The van der Waals surface area contributed by atoms with Crippen LogP contribution in [0.4, 0.5) is 0 Å². The molecule has 2 heterocycles. The van der Waals surface area contributed by atoms with Crippen molar-refractivity contribution in [3.63, 3.8) is 0 Å². The van der Waals surface area contributed by atoms with Crippen LogP contribution in [-0.4, -0.2) is 44.5 Å². The van der Waals surface area contributed by atoms with Crippen LogP contribution in [0.2, 0.25) is 0 Å². The summed E-state index contributed by atoms with van der Waals surface area (Å²) in [5, 5.41) is 0.755. The van der Waals surface area contributed by atoms with Gasteiger partial charge in [0.1, 0.15) is 17.9 Å². The van der Waals surface area contributed by atoms with Crippen molar-refractivity contribution in [1.29, 1.82) is 0 Å². The number of fused-ring (bicyclic) bond motifs is 1. The molecule has 6 heteroatoms. The first kappa shape index (κ1) is 17.9.